The summed E-state index contributed by atoms with van der Waals surface area (Å²) in [5.74, 6) is -3.52. The van der Waals surface area contributed by atoms with Crippen LogP contribution in [-0.4, -0.2) is 39.5 Å². The number of carboxylic acids is 2. The van der Waals surface area contributed by atoms with E-state index in [0.29, 0.717) is 0 Å². The highest BCUT2D eigenvalue weighted by Crippen LogP contribution is 2.30. The minimum Gasteiger partial charge on any atom is -0.481 e. The second kappa shape index (κ2) is 6.81. The van der Waals surface area contributed by atoms with E-state index in [2.05, 4.69) is 0 Å². The Hall–Kier alpha value is -1.47. The van der Waals surface area contributed by atoms with Gasteiger partial charge in [0.15, 0.2) is 11.3 Å². The van der Waals surface area contributed by atoms with Gasteiger partial charge in [0.05, 0.1) is 12.5 Å². The lowest BCUT2D eigenvalue weighted by atomic mass is 9.76. The zero-order valence-corrected chi connectivity index (χ0v) is 11.4. The topological polar surface area (TPSA) is 144 Å². The monoisotopic (exact) mass is 286 g/mol. The molecule has 0 aliphatic heterocycles. The molecule has 0 spiro atoms. The van der Waals surface area contributed by atoms with Gasteiger partial charge in [0.1, 0.15) is 0 Å². The third-order valence-corrected chi connectivity index (χ3v) is 3.89. The van der Waals surface area contributed by atoms with E-state index in [9.17, 15) is 19.5 Å². The molecule has 7 nitrogen and oxygen atoms in total. The molecule has 1 aliphatic carbocycles. The summed E-state index contributed by atoms with van der Waals surface area (Å²) in [7, 11) is 0. The maximum Gasteiger partial charge on any atom is 0.331 e. The highest BCUT2D eigenvalue weighted by atomic mass is 16.4. The second-order valence-electron chi connectivity index (χ2n) is 5.55. The molecule has 0 radical (unpaired) electrons. The molecule has 0 heterocycles. The third-order valence-electron chi connectivity index (χ3n) is 3.89. The van der Waals surface area contributed by atoms with Gasteiger partial charge in [0, 0.05) is 0 Å². The Morgan fingerprint density at radius 1 is 1.15 bits per heavy atom. The Bertz CT molecular complexity index is 392. The molecule has 0 aromatic rings. The van der Waals surface area contributed by atoms with Gasteiger partial charge in [-0.2, -0.15) is 0 Å². The quantitative estimate of drug-likeness (QED) is 0.486. The van der Waals surface area contributed by atoms with Crippen molar-refractivity contribution >= 4 is 17.7 Å². The van der Waals surface area contributed by atoms with Crippen molar-refractivity contribution < 1.29 is 24.6 Å². The lowest BCUT2D eigenvalue weighted by Gasteiger charge is -2.31. The van der Waals surface area contributed by atoms with Crippen LogP contribution in [0.5, 0.6) is 0 Å². The van der Waals surface area contributed by atoms with Gasteiger partial charge in [-0.3, -0.25) is 9.59 Å². The Kier molecular flexibility index (Phi) is 5.64. The van der Waals surface area contributed by atoms with E-state index in [-0.39, 0.29) is 12.3 Å². The van der Waals surface area contributed by atoms with Crippen molar-refractivity contribution in [1.82, 2.24) is 0 Å². The average Bonchev–Trinajstić information content (AvgIpc) is 2.37. The van der Waals surface area contributed by atoms with Gasteiger partial charge in [0.25, 0.3) is 0 Å². The number of carboxylic acid groups (broad SMARTS) is 2. The molecule has 1 saturated carbocycles. The van der Waals surface area contributed by atoms with Gasteiger partial charge in [0.2, 0.25) is 0 Å². The molecular formula is C13H22N2O5. The Labute approximate surface area is 117 Å². The lowest BCUT2D eigenvalue weighted by molar-refractivity contribution is -0.151. The molecule has 0 amide bonds. The van der Waals surface area contributed by atoms with E-state index in [1.54, 1.807) is 0 Å². The normalized spacial score (nSPS) is 20.9. The van der Waals surface area contributed by atoms with Crippen LogP contribution in [0.3, 0.4) is 0 Å². The summed E-state index contributed by atoms with van der Waals surface area (Å²) in [5.41, 5.74) is 9.16. The van der Waals surface area contributed by atoms with Crippen molar-refractivity contribution in [2.45, 2.75) is 56.5 Å². The van der Waals surface area contributed by atoms with E-state index >= 15 is 0 Å². The summed E-state index contributed by atoms with van der Waals surface area (Å²) >= 11 is 0. The van der Waals surface area contributed by atoms with Gasteiger partial charge in [-0.15, -0.1) is 0 Å². The van der Waals surface area contributed by atoms with Crippen LogP contribution in [0.15, 0.2) is 0 Å². The van der Waals surface area contributed by atoms with Crippen molar-refractivity contribution in [2.24, 2.45) is 17.4 Å². The molecule has 0 aromatic carbocycles. The van der Waals surface area contributed by atoms with Gasteiger partial charge in [-0.1, -0.05) is 32.1 Å². The van der Waals surface area contributed by atoms with Crippen LogP contribution in [-0.2, 0) is 14.4 Å². The standard InChI is InChI=1S/C13H22N2O5/c14-9(6-10(16)17)11(18)13(15,12(19)20)7-8-4-2-1-3-5-8/h8-9H,1-7,14-15H2,(H,16,17)(H,19,20)/t9-,13+/m0/s1. The zero-order chi connectivity index (χ0) is 15.3. The SMILES string of the molecule is N[C@@H](CC(=O)O)C(=O)[C@](N)(CC1CCCCC1)C(=O)O. The number of ketones is 1. The molecule has 2 atom stereocenters. The molecule has 0 saturated heterocycles. The van der Waals surface area contributed by atoms with Crippen LogP contribution in [0.25, 0.3) is 0 Å². The number of rotatable bonds is 7. The first-order valence-electron chi connectivity index (χ1n) is 6.81. The lowest BCUT2D eigenvalue weighted by Crippen LogP contribution is -2.61. The Morgan fingerprint density at radius 3 is 2.15 bits per heavy atom. The molecule has 7 heteroatoms. The predicted molar refractivity (Wildman–Crippen MR) is 71.0 cm³/mol. The molecule has 20 heavy (non-hydrogen) atoms. The van der Waals surface area contributed by atoms with Crippen molar-refractivity contribution in [1.29, 1.82) is 0 Å². The van der Waals surface area contributed by atoms with E-state index in [1.807, 2.05) is 0 Å². The summed E-state index contributed by atoms with van der Waals surface area (Å²) < 4.78 is 0. The maximum atomic E-state index is 12.1. The molecule has 0 unspecified atom stereocenters. The molecule has 0 bridgehead atoms. The number of hydrogen-bond donors (Lipinski definition) is 4. The van der Waals surface area contributed by atoms with Crippen LogP contribution >= 0.6 is 0 Å². The van der Waals surface area contributed by atoms with Crippen molar-refractivity contribution in [3.05, 3.63) is 0 Å². The summed E-state index contributed by atoms with van der Waals surface area (Å²) in [4.78, 5) is 34.1. The van der Waals surface area contributed by atoms with Crippen LogP contribution in [0.4, 0.5) is 0 Å². The Balaban J connectivity index is 2.81. The van der Waals surface area contributed by atoms with Crippen molar-refractivity contribution in [3.63, 3.8) is 0 Å². The zero-order valence-electron chi connectivity index (χ0n) is 11.4. The van der Waals surface area contributed by atoms with Gasteiger partial charge >= 0.3 is 11.9 Å². The molecule has 6 N–H and O–H groups in total. The minimum atomic E-state index is -2.09. The van der Waals surface area contributed by atoms with Crippen LogP contribution in [0.1, 0.15) is 44.9 Å². The molecule has 114 valence electrons. The fraction of sp³-hybridized carbons (Fsp3) is 0.769. The van der Waals surface area contributed by atoms with Crippen LogP contribution in [0.2, 0.25) is 0 Å². The molecule has 1 aliphatic rings. The number of hydrogen-bond acceptors (Lipinski definition) is 5. The first-order valence-corrected chi connectivity index (χ1v) is 6.81. The van der Waals surface area contributed by atoms with Gasteiger partial charge in [-0.05, 0) is 12.3 Å². The van der Waals surface area contributed by atoms with E-state index in [4.69, 9.17) is 16.6 Å². The first-order chi connectivity index (χ1) is 9.27. The summed E-state index contributed by atoms with van der Waals surface area (Å²) in [6, 6.07) is -1.39. The molecule has 1 rings (SSSR count). The summed E-state index contributed by atoms with van der Waals surface area (Å²) in [6.45, 7) is 0. The summed E-state index contributed by atoms with van der Waals surface area (Å²) in [6.07, 6.45) is 4.19. The Morgan fingerprint density at radius 2 is 1.70 bits per heavy atom. The maximum absolute atomic E-state index is 12.1. The number of aliphatic carboxylic acids is 2. The fourth-order valence-corrected chi connectivity index (χ4v) is 2.75. The smallest absolute Gasteiger partial charge is 0.331 e. The third kappa shape index (κ3) is 4.01. The number of carbonyl (C=O) groups is 3. The average molecular weight is 286 g/mol. The van der Waals surface area contributed by atoms with E-state index < -0.39 is 35.7 Å². The summed E-state index contributed by atoms with van der Waals surface area (Å²) in [5, 5.41) is 17.9. The molecule has 1 fully saturated rings. The van der Waals surface area contributed by atoms with E-state index in [0.717, 1.165) is 32.1 Å². The number of Topliss-reactive ketones (excluding diaryl/α,β-unsaturated/α-hetero) is 1. The molecular weight excluding hydrogens is 264 g/mol. The fourth-order valence-electron chi connectivity index (χ4n) is 2.75. The second-order valence-corrected chi connectivity index (χ2v) is 5.55. The first kappa shape index (κ1) is 16.6. The van der Waals surface area contributed by atoms with Gasteiger partial charge < -0.3 is 21.7 Å². The number of carbonyl (C=O) groups excluding carboxylic acids is 1. The van der Waals surface area contributed by atoms with Crippen LogP contribution in [0, 0.1) is 5.92 Å². The predicted octanol–water partition coefficient (Wildman–Crippen LogP) is 0.110. The van der Waals surface area contributed by atoms with Crippen LogP contribution < -0.4 is 11.5 Å². The highest BCUT2D eigenvalue weighted by molar-refractivity contribution is 6.10. The van der Waals surface area contributed by atoms with Crippen molar-refractivity contribution in [2.75, 3.05) is 0 Å². The van der Waals surface area contributed by atoms with E-state index in [1.165, 1.54) is 0 Å². The minimum absolute atomic E-state index is 0.0223. The molecule has 0 aromatic heterocycles. The highest BCUT2D eigenvalue weighted by Gasteiger charge is 2.46. The number of nitrogens with two attached hydrogens (primary N) is 2. The van der Waals surface area contributed by atoms with Gasteiger partial charge in [-0.25, -0.2) is 4.79 Å². The largest absolute Gasteiger partial charge is 0.481 e. The van der Waals surface area contributed by atoms with Crippen molar-refractivity contribution in [3.8, 4) is 0 Å².